The summed E-state index contributed by atoms with van der Waals surface area (Å²) in [5.41, 5.74) is 0. The zero-order valence-electron chi connectivity index (χ0n) is 35.2. The number of aliphatic hydroxyl groups excluding tert-OH is 11. The van der Waals surface area contributed by atoms with Gasteiger partial charge in [0.15, 0.2) is 18.9 Å². The predicted molar refractivity (Wildman–Crippen MR) is 213 cm³/mol. The molecule has 0 aliphatic carbocycles. The van der Waals surface area contributed by atoms with Gasteiger partial charge in [0, 0.05) is 6.92 Å². The maximum Gasteiger partial charge on any atom is 0.217 e. The van der Waals surface area contributed by atoms with E-state index in [9.17, 15) is 61.0 Å². The van der Waals surface area contributed by atoms with Gasteiger partial charge in [0.2, 0.25) is 5.91 Å². The van der Waals surface area contributed by atoms with E-state index in [2.05, 4.69) is 12.2 Å². The van der Waals surface area contributed by atoms with Crippen molar-refractivity contribution in [3.8, 4) is 0 Å². The molecular weight excluding hydrogens is 794 g/mol. The van der Waals surface area contributed by atoms with Crippen molar-refractivity contribution < 1.29 is 89.4 Å². The maximum absolute atomic E-state index is 12.0. The first-order valence-electron chi connectivity index (χ1n) is 21.9. The van der Waals surface area contributed by atoms with E-state index in [1.807, 2.05) is 6.08 Å². The van der Waals surface area contributed by atoms with Crippen LogP contribution in [0.2, 0.25) is 0 Å². The van der Waals surface area contributed by atoms with Gasteiger partial charge in [-0.25, -0.2) is 0 Å². The van der Waals surface area contributed by atoms with Gasteiger partial charge in [-0.1, -0.05) is 103 Å². The molecule has 3 heterocycles. The molecule has 17 atom stereocenters. The molecule has 3 fully saturated rings. The molecule has 19 heteroatoms. The Bertz CT molecular complexity index is 1180. The van der Waals surface area contributed by atoms with Crippen LogP contribution in [0.5, 0.6) is 0 Å². The minimum absolute atomic E-state index is 0.368. The third-order valence-corrected chi connectivity index (χ3v) is 11.4. The summed E-state index contributed by atoms with van der Waals surface area (Å²) in [6.45, 7) is 0.716. The van der Waals surface area contributed by atoms with Gasteiger partial charge in [0.25, 0.3) is 0 Å². The normalized spacial score (nSPS) is 36.0. The van der Waals surface area contributed by atoms with E-state index in [0.717, 1.165) is 25.7 Å². The first-order valence-corrected chi connectivity index (χ1v) is 21.9. The molecule has 19 nitrogen and oxygen atoms in total. The van der Waals surface area contributed by atoms with Gasteiger partial charge >= 0.3 is 0 Å². The van der Waals surface area contributed by atoms with Gasteiger partial charge in [-0.2, -0.15) is 0 Å². The summed E-state index contributed by atoms with van der Waals surface area (Å²) >= 11 is 0. The number of hydrogen-bond donors (Lipinski definition) is 12. The average Bonchev–Trinajstić information content (AvgIpc) is 3.23. The highest BCUT2D eigenvalue weighted by molar-refractivity contribution is 5.73. The van der Waals surface area contributed by atoms with Crippen LogP contribution in [0.4, 0.5) is 0 Å². The third-order valence-electron chi connectivity index (χ3n) is 11.4. The molecule has 3 aliphatic heterocycles. The molecule has 0 bridgehead atoms. The van der Waals surface area contributed by atoms with Crippen molar-refractivity contribution in [1.29, 1.82) is 0 Å². The van der Waals surface area contributed by atoms with Crippen molar-refractivity contribution in [3.63, 3.8) is 0 Å². The smallest absolute Gasteiger partial charge is 0.217 e. The van der Waals surface area contributed by atoms with E-state index in [1.165, 1.54) is 77.6 Å². The summed E-state index contributed by atoms with van der Waals surface area (Å²) in [6.07, 6.45) is -5.06. The molecule has 0 radical (unpaired) electrons. The predicted octanol–water partition coefficient (Wildman–Crippen LogP) is -1.26. The van der Waals surface area contributed by atoms with Crippen LogP contribution < -0.4 is 5.32 Å². The number of rotatable bonds is 28. The SMILES string of the molecule is CCCCCCCCCCCCCCCC/C=C/C(O)C(COC1OC(CO)C(OC2OC(CO)C(OC3OC(CO)C(O)C(O)C3O)C(O)C2O)C(O)C1O)NC(C)=O. The highest BCUT2D eigenvalue weighted by Gasteiger charge is 2.53. The van der Waals surface area contributed by atoms with Crippen molar-refractivity contribution in [2.24, 2.45) is 0 Å². The molecule has 17 unspecified atom stereocenters. The van der Waals surface area contributed by atoms with E-state index in [4.69, 9.17) is 28.4 Å². The van der Waals surface area contributed by atoms with E-state index in [1.54, 1.807) is 6.08 Å². The zero-order chi connectivity index (χ0) is 44.2. The second-order valence-electron chi connectivity index (χ2n) is 16.3. The van der Waals surface area contributed by atoms with E-state index in [0.29, 0.717) is 0 Å². The lowest BCUT2D eigenvalue weighted by Crippen LogP contribution is -2.66. The molecule has 3 rings (SSSR count). The fourth-order valence-corrected chi connectivity index (χ4v) is 7.69. The number of nitrogens with one attached hydrogen (secondary N) is 1. The molecular formula is C41H75NO18. The first kappa shape index (κ1) is 52.9. The van der Waals surface area contributed by atoms with Crippen LogP contribution in [0.3, 0.4) is 0 Å². The minimum atomic E-state index is -1.97. The Labute approximate surface area is 353 Å². The van der Waals surface area contributed by atoms with Crippen LogP contribution in [-0.2, 0) is 33.2 Å². The lowest BCUT2D eigenvalue weighted by molar-refractivity contribution is -0.379. The summed E-state index contributed by atoms with van der Waals surface area (Å²) in [5, 5.41) is 118. The fraction of sp³-hybridized carbons (Fsp3) is 0.927. The number of carbonyl (C=O) groups excluding carboxylic acids is 1. The molecule has 0 saturated carbocycles. The van der Waals surface area contributed by atoms with Gasteiger partial charge < -0.3 is 89.9 Å². The molecule has 0 spiro atoms. The third kappa shape index (κ3) is 16.3. The van der Waals surface area contributed by atoms with Crippen molar-refractivity contribution in [3.05, 3.63) is 12.2 Å². The monoisotopic (exact) mass is 869 g/mol. The molecule has 0 aromatic heterocycles. The van der Waals surface area contributed by atoms with Crippen LogP contribution in [0.1, 0.15) is 110 Å². The van der Waals surface area contributed by atoms with Crippen LogP contribution in [0.25, 0.3) is 0 Å². The summed E-state index contributed by atoms with van der Waals surface area (Å²) in [7, 11) is 0. The van der Waals surface area contributed by atoms with Gasteiger partial charge in [0.05, 0.1) is 38.6 Å². The molecule has 3 saturated heterocycles. The zero-order valence-corrected chi connectivity index (χ0v) is 35.2. The number of aliphatic hydroxyl groups is 11. The Balaban J connectivity index is 1.46. The number of hydrogen-bond acceptors (Lipinski definition) is 18. The van der Waals surface area contributed by atoms with Crippen LogP contribution >= 0.6 is 0 Å². The van der Waals surface area contributed by atoms with Crippen LogP contribution in [0, 0.1) is 0 Å². The van der Waals surface area contributed by atoms with Crippen molar-refractivity contribution in [2.75, 3.05) is 26.4 Å². The second kappa shape index (κ2) is 28.3. The average molecular weight is 870 g/mol. The van der Waals surface area contributed by atoms with Gasteiger partial charge in [-0.3, -0.25) is 4.79 Å². The maximum atomic E-state index is 12.0. The van der Waals surface area contributed by atoms with Crippen molar-refractivity contribution >= 4 is 5.91 Å². The van der Waals surface area contributed by atoms with Crippen molar-refractivity contribution in [1.82, 2.24) is 5.32 Å². The molecule has 3 aliphatic rings. The van der Waals surface area contributed by atoms with E-state index < -0.39 is 130 Å². The number of allylic oxidation sites excluding steroid dienone is 1. The summed E-state index contributed by atoms with van der Waals surface area (Å²) in [4.78, 5) is 12.0. The first-order chi connectivity index (χ1) is 28.8. The Hall–Kier alpha value is -1.47. The fourth-order valence-electron chi connectivity index (χ4n) is 7.69. The summed E-state index contributed by atoms with van der Waals surface area (Å²) in [6, 6.07) is -0.967. The molecule has 60 heavy (non-hydrogen) atoms. The summed E-state index contributed by atoms with van der Waals surface area (Å²) < 4.78 is 33.5. The van der Waals surface area contributed by atoms with E-state index in [-0.39, 0.29) is 6.61 Å². The quantitative estimate of drug-likeness (QED) is 0.0323. The largest absolute Gasteiger partial charge is 0.394 e. The Morgan fingerprint density at radius 3 is 1.47 bits per heavy atom. The molecule has 0 aromatic rings. The lowest BCUT2D eigenvalue weighted by Gasteiger charge is -2.48. The number of ether oxygens (including phenoxy) is 6. The highest BCUT2D eigenvalue weighted by Crippen LogP contribution is 2.33. The van der Waals surface area contributed by atoms with Gasteiger partial charge in [0.1, 0.15) is 73.2 Å². The number of unbranched alkanes of at least 4 members (excludes halogenated alkanes) is 14. The lowest BCUT2D eigenvalue weighted by atomic mass is 9.96. The minimum Gasteiger partial charge on any atom is -0.394 e. The molecule has 352 valence electrons. The highest BCUT2D eigenvalue weighted by atomic mass is 16.8. The molecule has 1 amide bonds. The van der Waals surface area contributed by atoms with Crippen LogP contribution in [-0.4, -0.2) is 193 Å². The Kier molecular flexibility index (Phi) is 25.0. The summed E-state index contributed by atoms with van der Waals surface area (Å²) in [5.74, 6) is -0.454. The molecule has 12 N–H and O–H groups in total. The standard InChI is InChI=1S/C41H75NO18/c1-3-4-5-6-7-8-9-10-11-12-13-14-15-16-17-18-19-26(47)25(42-24(2)46)23-55-39-35(53)32(50)37(28(21-44)57-39)60-41-36(54)33(51)38(29(22-45)58-41)59-40-34(52)31(49)30(48)27(20-43)56-40/h18-19,25-41,43-45,47-54H,3-17,20-23H2,1-2H3,(H,42,46)/b19-18+. The topological polar surface area (TPSA) is 307 Å². The van der Waals surface area contributed by atoms with E-state index >= 15 is 0 Å². The van der Waals surface area contributed by atoms with Gasteiger partial charge in [-0.05, 0) is 12.8 Å². The molecule has 0 aromatic carbocycles. The number of amides is 1. The second-order valence-corrected chi connectivity index (χ2v) is 16.3. The van der Waals surface area contributed by atoms with Gasteiger partial charge in [-0.15, -0.1) is 0 Å². The Morgan fingerprint density at radius 2 is 1.00 bits per heavy atom. The van der Waals surface area contributed by atoms with Crippen molar-refractivity contribution in [2.45, 2.75) is 214 Å². The van der Waals surface area contributed by atoms with Crippen LogP contribution in [0.15, 0.2) is 12.2 Å². The number of carbonyl (C=O) groups is 1. The Morgan fingerprint density at radius 1 is 0.583 bits per heavy atom.